The number of methoxy groups -OCH3 is 1. The van der Waals surface area contributed by atoms with Crippen molar-refractivity contribution < 1.29 is 29.0 Å². The number of carbonyl (C=O) groups excluding carboxylic acids is 3. The Kier molecular flexibility index (Phi) is 10.4. The molecule has 2 aromatic carbocycles. The highest BCUT2D eigenvalue weighted by atomic mass is 35.5. The SMILES string of the molecule is COC(=O)[C@H](CNC(O)CNC(=O)c1cccc(N)c1)NC(=O)c1c(Cl)cc(N2CCOCC2)cc1Cl. The summed E-state index contributed by atoms with van der Waals surface area (Å²) in [5.41, 5.74) is 7.19. The number of rotatable bonds is 10. The van der Waals surface area contributed by atoms with E-state index in [-0.39, 0.29) is 28.7 Å². The molecule has 1 heterocycles. The summed E-state index contributed by atoms with van der Waals surface area (Å²) < 4.78 is 10.1. The van der Waals surface area contributed by atoms with Gasteiger partial charge < -0.3 is 35.8 Å². The molecule has 1 aliphatic heterocycles. The Labute approximate surface area is 224 Å². The van der Waals surface area contributed by atoms with Crippen molar-refractivity contribution in [1.82, 2.24) is 16.0 Å². The van der Waals surface area contributed by atoms with E-state index in [2.05, 4.69) is 16.0 Å². The summed E-state index contributed by atoms with van der Waals surface area (Å²) in [6, 6.07) is 8.45. The molecule has 11 nitrogen and oxygen atoms in total. The fourth-order valence-corrected chi connectivity index (χ4v) is 4.29. The van der Waals surface area contributed by atoms with Crippen LogP contribution in [0.5, 0.6) is 0 Å². The highest BCUT2D eigenvalue weighted by Gasteiger charge is 2.26. The van der Waals surface area contributed by atoms with Gasteiger partial charge in [-0.05, 0) is 30.3 Å². The van der Waals surface area contributed by atoms with Gasteiger partial charge in [0.1, 0.15) is 12.3 Å². The minimum atomic E-state index is -1.23. The number of anilines is 2. The first kappa shape index (κ1) is 28.5. The van der Waals surface area contributed by atoms with Gasteiger partial charge in [0.25, 0.3) is 11.8 Å². The number of hydrogen-bond acceptors (Lipinski definition) is 9. The Morgan fingerprint density at radius 1 is 1.11 bits per heavy atom. The fourth-order valence-electron chi connectivity index (χ4n) is 3.64. The number of nitrogens with two attached hydrogens (primary N) is 1. The normalized spacial score (nSPS) is 15.0. The molecule has 1 saturated heterocycles. The molecule has 3 rings (SSSR count). The molecule has 0 aromatic heterocycles. The second-order valence-corrected chi connectivity index (χ2v) is 9.01. The summed E-state index contributed by atoms with van der Waals surface area (Å²) in [7, 11) is 1.17. The van der Waals surface area contributed by atoms with Gasteiger partial charge in [0.2, 0.25) is 0 Å². The third kappa shape index (κ3) is 7.94. The number of benzene rings is 2. The molecular weight excluding hydrogens is 525 g/mol. The Bertz CT molecular complexity index is 1110. The number of esters is 1. The zero-order valence-corrected chi connectivity index (χ0v) is 21.6. The predicted octanol–water partition coefficient (Wildman–Crippen LogP) is 1.02. The van der Waals surface area contributed by atoms with Gasteiger partial charge in [-0.2, -0.15) is 0 Å². The number of carbonyl (C=O) groups is 3. The first-order valence-electron chi connectivity index (χ1n) is 11.4. The van der Waals surface area contributed by atoms with Crippen molar-refractivity contribution in [3.63, 3.8) is 0 Å². The van der Waals surface area contributed by atoms with Crippen molar-refractivity contribution in [2.75, 3.05) is 57.1 Å². The van der Waals surface area contributed by atoms with Gasteiger partial charge in [0.15, 0.2) is 0 Å². The van der Waals surface area contributed by atoms with Crippen LogP contribution in [0.3, 0.4) is 0 Å². The average molecular weight is 554 g/mol. The topological polar surface area (TPSA) is 155 Å². The van der Waals surface area contributed by atoms with Crippen molar-refractivity contribution in [1.29, 1.82) is 0 Å². The lowest BCUT2D eigenvalue weighted by Crippen LogP contribution is -2.51. The standard InChI is InChI=1S/C24H29Cl2N5O6/c1-36-24(35)19(12-28-20(32)13-29-22(33)14-3-2-4-15(27)9-14)30-23(34)21-17(25)10-16(11-18(21)26)31-5-7-37-8-6-31/h2-4,9-11,19-20,28,32H,5-8,12-13,27H2,1H3,(H,29,33)(H,30,34)/t19-,20?/m0/s1. The number of nitrogens with zero attached hydrogens (tertiary/aromatic N) is 1. The molecule has 6 N–H and O–H groups in total. The third-order valence-corrected chi connectivity index (χ3v) is 6.18. The Hall–Kier alpha value is -3.09. The Balaban J connectivity index is 1.59. The van der Waals surface area contributed by atoms with Crippen LogP contribution in [0.25, 0.3) is 0 Å². The molecule has 0 spiro atoms. The van der Waals surface area contributed by atoms with Crippen LogP contribution < -0.4 is 26.6 Å². The van der Waals surface area contributed by atoms with E-state index in [1.54, 1.807) is 30.3 Å². The summed E-state index contributed by atoms with van der Waals surface area (Å²) >= 11 is 12.8. The maximum absolute atomic E-state index is 13.0. The molecular formula is C24H29Cl2N5O6. The summed E-state index contributed by atoms with van der Waals surface area (Å²) in [6.07, 6.45) is -1.23. The number of ether oxygens (including phenoxy) is 2. The summed E-state index contributed by atoms with van der Waals surface area (Å²) in [4.78, 5) is 39.5. The van der Waals surface area contributed by atoms with E-state index in [0.29, 0.717) is 37.6 Å². The minimum absolute atomic E-state index is 0.00388. The first-order valence-corrected chi connectivity index (χ1v) is 12.2. The van der Waals surface area contributed by atoms with E-state index < -0.39 is 30.1 Å². The monoisotopic (exact) mass is 553 g/mol. The van der Waals surface area contributed by atoms with Crippen LogP contribution in [0, 0.1) is 0 Å². The number of amides is 2. The van der Waals surface area contributed by atoms with Gasteiger partial charge in [-0.3, -0.25) is 14.9 Å². The molecule has 37 heavy (non-hydrogen) atoms. The highest BCUT2D eigenvalue weighted by molar-refractivity contribution is 6.40. The van der Waals surface area contributed by atoms with Crippen LogP contribution in [0.2, 0.25) is 10.0 Å². The number of aliphatic hydroxyl groups excluding tert-OH is 1. The van der Waals surface area contributed by atoms with Crippen molar-refractivity contribution in [3.05, 3.63) is 57.6 Å². The zero-order chi connectivity index (χ0) is 26.9. The first-order chi connectivity index (χ1) is 17.7. The number of aliphatic hydroxyl groups is 1. The summed E-state index contributed by atoms with van der Waals surface area (Å²) in [5.74, 6) is -1.88. The van der Waals surface area contributed by atoms with E-state index in [9.17, 15) is 19.5 Å². The molecule has 1 unspecified atom stereocenters. The van der Waals surface area contributed by atoms with Crippen LogP contribution in [0.15, 0.2) is 36.4 Å². The molecule has 2 atom stereocenters. The van der Waals surface area contributed by atoms with E-state index in [1.165, 1.54) is 13.2 Å². The number of nitrogens with one attached hydrogen (secondary N) is 3. The molecule has 13 heteroatoms. The summed E-state index contributed by atoms with van der Waals surface area (Å²) in [5, 5.41) is 18.2. The molecule has 0 bridgehead atoms. The van der Waals surface area contributed by atoms with E-state index >= 15 is 0 Å². The molecule has 1 fully saturated rings. The lowest BCUT2D eigenvalue weighted by atomic mass is 10.1. The maximum Gasteiger partial charge on any atom is 0.329 e. The number of hydrogen-bond donors (Lipinski definition) is 5. The van der Waals surface area contributed by atoms with E-state index in [1.807, 2.05) is 4.90 Å². The molecule has 0 radical (unpaired) electrons. The third-order valence-electron chi connectivity index (χ3n) is 5.58. The number of halogens is 2. The zero-order valence-electron chi connectivity index (χ0n) is 20.1. The van der Waals surface area contributed by atoms with E-state index in [0.717, 1.165) is 5.69 Å². The lowest BCUT2D eigenvalue weighted by molar-refractivity contribution is -0.142. The average Bonchev–Trinajstić information content (AvgIpc) is 2.89. The van der Waals surface area contributed by atoms with Crippen molar-refractivity contribution in [3.8, 4) is 0 Å². The van der Waals surface area contributed by atoms with E-state index in [4.69, 9.17) is 38.4 Å². The van der Waals surface area contributed by atoms with Gasteiger partial charge in [0, 0.05) is 36.6 Å². The Morgan fingerprint density at radius 3 is 2.41 bits per heavy atom. The predicted molar refractivity (Wildman–Crippen MR) is 140 cm³/mol. The second kappa shape index (κ2) is 13.5. The smallest absolute Gasteiger partial charge is 0.329 e. The van der Waals surface area contributed by atoms with Gasteiger partial charge >= 0.3 is 5.97 Å². The Morgan fingerprint density at radius 2 is 1.78 bits per heavy atom. The minimum Gasteiger partial charge on any atom is -0.467 e. The van der Waals surface area contributed by atoms with Gasteiger partial charge in [-0.1, -0.05) is 29.3 Å². The molecule has 2 aromatic rings. The maximum atomic E-state index is 13.0. The van der Waals surface area contributed by atoms with Crippen molar-refractivity contribution in [2.24, 2.45) is 0 Å². The fraction of sp³-hybridized carbons (Fsp3) is 0.375. The van der Waals surface area contributed by atoms with Crippen LogP contribution in [-0.2, 0) is 14.3 Å². The van der Waals surface area contributed by atoms with Crippen molar-refractivity contribution >= 4 is 52.4 Å². The molecule has 200 valence electrons. The number of morpholine rings is 1. The molecule has 1 aliphatic rings. The summed E-state index contributed by atoms with van der Waals surface area (Å²) in [6.45, 7) is 2.10. The van der Waals surface area contributed by atoms with Crippen LogP contribution in [-0.4, -0.2) is 81.7 Å². The van der Waals surface area contributed by atoms with Gasteiger partial charge in [0.05, 0.1) is 42.5 Å². The largest absolute Gasteiger partial charge is 0.467 e. The van der Waals surface area contributed by atoms with Gasteiger partial charge in [-0.25, -0.2) is 4.79 Å². The van der Waals surface area contributed by atoms with Crippen LogP contribution in [0.4, 0.5) is 11.4 Å². The highest BCUT2D eigenvalue weighted by Crippen LogP contribution is 2.31. The van der Waals surface area contributed by atoms with Gasteiger partial charge in [-0.15, -0.1) is 0 Å². The number of nitrogen functional groups attached to an aromatic ring is 1. The second-order valence-electron chi connectivity index (χ2n) is 8.19. The quantitative estimate of drug-likeness (QED) is 0.165. The molecule has 0 aliphatic carbocycles. The van der Waals surface area contributed by atoms with Crippen LogP contribution in [0.1, 0.15) is 20.7 Å². The molecule has 0 saturated carbocycles. The lowest BCUT2D eigenvalue weighted by Gasteiger charge is -2.29. The van der Waals surface area contributed by atoms with Crippen molar-refractivity contribution in [2.45, 2.75) is 12.3 Å². The van der Waals surface area contributed by atoms with Crippen LogP contribution >= 0.6 is 23.2 Å². The molecule has 2 amide bonds.